The fourth-order valence-corrected chi connectivity index (χ4v) is 2.49. The predicted molar refractivity (Wildman–Crippen MR) is 71.6 cm³/mol. The van der Waals surface area contributed by atoms with E-state index < -0.39 is 0 Å². The summed E-state index contributed by atoms with van der Waals surface area (Å²) in [6, 6.07) is 0.304. The van der Waals surface area contributed by atoms with Crippen molar-refractivity contribution in [1.29, 1.82) is 0 Å². The first-order valence-corrected chi connectivity index (χ1v) is 6.81. The summed E-state index contributed by atoms with van der Waals surface area (Å²) >= 11 is 0. The molecule has 0 amide bonds. The number of likely N-dealkylation sites (N-methyl/N-ethyl adjacent to an activating group) is 2. The highest BCUT2D eigenvalue weighted by molar-refractivity contribution is 5.14. The van der Waals surface area contributed by atoms with Gasteiger partial charge in [-0.25, -0.2) is 0 Å². The maximum atomic E-state index is 5.92. The molecule has 0 aromatic carbocycles. The second-order valence-electron chi connectivity index (χ2n) is 4.77. The first kappa shape index (κ1) is 13.5. The third-order valence-electron chi connectivity index (χ3n) is 3.52. The second-order valence-corrected chi connectivity index (χ2v) is 4.77. The van der Waals surface area contributed by atoms with Crippen molar-refractivity contribution in [3.63, 3.8) is 0 Å². The Morgan fingerprint density at radius 2 is 2.33 bits per heavy atom. The summed E-state index contributed by atoms with van der Waals surface area (Å²) in [7, 11) is 2.16. The van der Waals surface area contributed by atoms with Gasteiger partial charge in [0, 0.05) is 31.4 Å². The smallest absolute Gasteiger partial charge is 0.0897 e. The van der Waals surface area contributed by atoms with E-state index in [0.29, 0.717) is 6.04 Å². The first-order chi connectivity index (χ1) is 8.76. The molecule has 0 aliphatic carbocycles. The van der Waals surface area contributed by atoms with E-state index in [2.05, 4.69) is 42.4 Å². The van der Waals surface area contributed by atoms with Crippen LogP contribution in [-0.4, -0.2) is 54.1 Å². The van der Waals surface area contributed by atoms with Gasteiger partial charge in [0.1, 0.15) is 0 Å². The van der Waals surface area contributed by atoms with Gasteiger partial charge in [-0.15, -0.1) is 0 Å². The molecule has 1 aliphatic heterocycles. The molecule has 1 fully saturated rings. The SMILES string of the molecule is CCNCC1OCCN(C)C1c1cnn(CC)c1. The molecule has 1 aliphatic rings. The Hall–Kier alpha value is -0.910. The van der Waals surface area contributed by atoms with Gasteiger partial charge in [0.25, 0.3) is 0 Å². The van der Waals surface area contributed by atoms with Crippen LogP contribution in [0.1, 0.15) is 25.5 Å². The number of aromatic nitrogens is 2. The van der Waals surface area contributed by atoms with Gasteiger partial charge in [-0.05, 0) is 20.5 Å². The number of hydrogen-bond acceptors (Lipinski definition) is 4. The molecule has 2 heterocycles. The van der Waals surface area contributed by atoms with Crippen LogP contribution in [0.3, 0.4) is 0 Å². The molecular formula is C13H24N4O. The molecule has 0 spiro atoms. The molecule has 5 nitrogen and oxygen atoms in total. The van der Waals surface area contributed by atoms with E-state index >= 15 is 0 Å². The number of aryl methyl sites for hydroxylation is 1. The molecule has 2 unspecified atom stereocenters. The average Bonchev–Trinajstić information content (AvgIpc) is 2.84. The quantitative estimate of drug-likeness (QED) is 0.845. The number of hydrogen-bond donors (Lipinski definition) is 1. The van der Waals surface area contributed by atoms with Crippen molar-refractivity contribution in [2.24, 2.45) is 0 Å². The number of nitrogens with zero attached hydrogens (tertiary/aromatic N) is 3. The second kappa shape index (κ2) is 6.31. The molecule has 1 saturated heterocycles. The molecule has 0 bridgehead atoms. The van der Waals surface area contributed by atoms with E-state index in [1.54, 1.807) is 0 Å². The van der Waals surface area contributed by atoms with E-state index in [9.17, 15) is 0 Å². The van der Waals surface area contributed by atoms with Crippen LogP contribution in [0.4, 0.5) is 0 Å². The minimum atomic E-state index is 0.207. The van der Waals surface area contributed by atoms with Crippen LogP contribution in [0.15, 0.2) is 12.4 Å². The highest BCUT2D eigenvalue weighted by atomic mass is 16.5. The van der Waals surface area contributed by atoms with Crippen LogP contribution in [0, 0.1) is 0 Å². The molecule has 1 aromatic rings. The lowest BCUT2D eigenvalue weighted by Crippen LogP contribution is -2.47. The van der Waals surface area contributed by atoms with Gasteiger partial charge in [-0.3, -0.25) is 9.58 Å². The largest absolute Gasteiger partial charge is 0.374 e. The molecule has 2 atom stereocenters. The minimum Gasteiger partial charge on any atom is -0.374 e. The summed E-state index contributed by atoms with van der Waals surface area (Å²) < 4.78 is 7.89. The Balaban J connectivity index is 2.13. The first-order valence-electron chi connectivity index (χ1n) is 6.81. The summed E-state index contributed by atoms with van der Waals surface area (Å²) in [6.45, 7) is 8.79. The number of morpholine rings is 1. The van der Waals surface area contributed by atoms with Crippen molar-refractivity contribution in [1.82, 2.24) is 20.0 Å². The van der Waals surface area contributed by atoms with E-state index in [-0.39, 0.29) is 6.10 Å². The fraction of sp³-hybridized carbons (Fsp3) is 0.769. The molecule has 0 radical (unpaired) electrons. The fourth-order valence-electron chi connectivity index (χ4n) is 2.49. The topological polar surface area (TPSA) is 42.3 Å². The van der Waals surface area contributed by atoms with Crippen LogP contribution >= 0.6 is 0 Å². The molecule has 1 aromatic heterocycles. The van der Waals surface area contributed by atoms with E-state index in [1.165, 1.54) is 5.56 Å². The van der Waals surface area contributed by atoms with Gasteiger partial charge in [0.15, 0.2) is 0 Å². The summed E-state index contributed by atoms with van der Waals surface area (Å²) in [5, 5.41) is 7.75. The normalized spacial score (nSPS) is 25.5. The summed E-state index contributed by atoms with van der Waals surface area (Å²) in [6.07, 6.45) is 4.31. The van der Waals surface area contributed by atoms with Gasteiger partial charge < -0.3 is 10.1 Å². The van der Waals surface area contributed by atoms with Crippen molar-refractivity contribution in [3.8, 4) is 0 Å². The Bertz CT molecular complexity index is 366. The maximum Gasteiger partial charge on any atom is 0.0897 e. The van der Waals surface area contributed by atoms with Crippen molar-refractivity contribution in [3.05, 3.63) is 18.0 Å². The third kappa shape index (κ3) is 2.91. The lowest BCUT2D eigenvalue weighted by Gasteiger charge is -2.38. The van der Waals surface area contributed by atoms with Crippen LogP contribution in [0.5, 0.6) is 0 Å². The van der Waals surface area contributed by atoms with Crippen molar-refractivity contribution >= 4 is 0 Å². The molecule has 0 saturated carbocycles. The van der Waals surface area contributed by atoms with Crippen molar-refractivity contribution in [2.45, 2.75) is 32.5 Å². The summed E-state index contributed by atoms with van der Waals surface area (Å²) in [4.78, 5) is 2.36. The standard InChI is InChI=1S/C13H24N4O/c1-4-14-9-12-13(16(3)6-7-18-12)11-8-15-17(5-2)10-11/h8,10,12-14H,4-7,9H2,1-3H3. The summed E-state index contributed by atoms with van der Waals surface area (Å²) in [5.74, 6) is 0. The Labute approximate surface area is 109 Å². The van der Waals surface area contributed by atoms with E-state index in [1.807, 2.05) is 10.9 Å². The molecular weight excluding hydrogens is 228 g/mol. The van der Waals surface area contributed by atoms with Crippen LogP contribution in [-0.2, 0) is 11.3 Å². The van der Waals surface area contributed by atoms with E-state index in [0.717, 1.165) is 32.8 Å². The van der Waals surface area contributed by atoms with Crippen molar-refractivity contribution in [2.75, 3.05) is 33.3 Å². The van der Waals surface area contributed by atoms with Gasteiger partial charge >= 0.3 is 0 Å². The highest BCUT2D eigenvalue weighted by Gasteiger charge is 2.31. The molecule has 5 heteroatoms. The molecule has 102 valence electrons. The molecule has 1 N–H and O–H groups in total. The maximum absolute atomic E-state index is 5.92. The van der Waals surface area contributed by atoms with Crippen molar-refractivity contribution < 1.29 is 4.74 Å². The minimum absolute atomic E-state index is 0.207. The van der Waals surface area contributed by atoms with Crippen LogP contribution in [0.2, 0.25) is 0 Å². The number of nitrogens with one attached hydrogen (secondary N) is 1. The highest BCUT2D eigenvalue weighted by Crippen LogP contribution is 2.27. The van der Waals surface area contributed by atoms with Gasteiger partial charge in [-0.2, -0.15) is 5.10 Å². The number of ether oxygens (including phenoxy) is 1. The lowest BCUT2D eigenvalue weighted by molar-refractivity contribution is -0.0611. The predicted octanol–water partition coefficient (Wildman–Crippen LogP) is 0.884. The molecule has 2 rings (SSSR count). The molecule has 18 heavy (non-hydrogen) atoms. The zero-order valence-electron chi connectivity index (χ0n) is 11.6. The number of rotatable bonds is 5. The van der Waals surface area contributed by atoms with Gasteiger partial charge in [0.05, 0.1) is 24.9 Å². The zero-order valence-corrected chi connectivity index (χ0v) is 11.6. The Kier molecular flexibility index (Phi) is 4.74. The monoisotopic (exact) mass is 252 g/mol. The van der Waals surface area contributed by atoms with Gasteiger partial charge in [0.2, 0.25) is 0 Å². The third-order valence-corrected chi connectivity index (χ3v) is 3.52. The summed E-state index contributed by atoms with van der Waals surface area (Å²) in [5.41, 5.74) is 1.25. The van der Waals surface area contributed by atoms with Crippen LogP contribution in [0.25, 0.3) is 0 Å². The zero-order chi connectivity index (χ0) is 13.0. The Morgan fingerprint density at radius 1 is 1.50 bits per heavy atom. The average molecular weight is 252 g/mol. The van der Waals surface area contributed by atoms with E-state index in [4.69, 9.17) is 4.74 Å². The van der Waals surface area contributed by atoms with Gasteiger partial charge in [-0.1, -0.05) is 6.92 Å². The van der Waals surface area contributed by atoms with Crippen LogP contribution < -0.4 is 5.32 Å². The Morgan fingerprint density at radius 3 is 3.00 bits per heavy atom. The lowest BCUT2D eigenvalue weighted by atomic mass is 10.0.